The molecule has 2 amide bonds. The summed E-state index contributed by atoms with van der Waals surface area (Å²) in [6, 6.07) is 4.87. The van der Waals surface area contributed by atoms with E-state index in [-0.39, 0.29) is 11.3 Å². The summed E-state index contributed by atoms with van der Waals surface area (Å²) < 4.78 is 10.8. The molecule has 1 aliphatic rings. The first kappa shape index (κ1) is 15.9. The number of rotatable bonds is 2. The summed E-state index contributed by atoms with van der Waals surface area (Å²) in [7, 11) is 0. The van der Waals surface area contributed by atoms with Crippen LogP contribution in [-0.4, -0.2) is 25.0 Å². The average molecular weight is 304 g/mol. The van der Waals surface area contributed by atoms with Crippen LogP contribution in [0, 0.1) is 5.41 Å². The molecule has 1 aromatic carbocycles. The summed E-state index contributed by atoms with van der Waals surface area (Å²) >= 11 is 0. The molecule has 0 aliphatic carbocycles. The number of hydrogen-bond donors (Lipinski definition) is 2. The second-order valence-electron chi connectivity index (χ2n) is 6.00. The number of hydrogen-bond acceptors (Lipinski definition) is 4. The van der Waals surface area contributed by atoms with Crippen molar-refractivity contribution in [3.63, 3.8) is 0 Å². The van der Waals surface area contributed by atoms with Gasteiger partial charge in [0.1, 0.15) is 13.2 Å². The molecule has 6 nitrogen and oxygen atoms in total. The molecular weight excluding hydrogens is 284 g/mol. The maximum absolute atomic E-state index is 12.0. The normalized spacial score (nSPS) is 13.8. The lowest BCUT2D eigenvalue weighted by atomic mass is 9.96. The van der Waals surface area contributed by atoms with E-state index in [1.165, 1.54) is 6.08 Å². The van der Waals surface area contributed by atoms with Gasteiger partial charge < -0.3 is 9.47 Å². The first-order valence-corrected chi connectivity index (χ1v) is 7.04. The fourth-order valence-electron chi connectivity index (χ4n) is 1.74. The summed E-state index contributed by atoms with van der Waals surface area (Å²) in [4.78, 5) is 23.6. The Balaban J connectivity index is 1.92. The monoisotopic (exact) mass is 304 g/mol. The Morgan fingerprint density at radius 1 is 1.09 bits per heavy atom. The molecule has 6 heteroatoms. The van der Waals surface area contributed by atoms with Crippen molar-refractivity contribution in [1.29, 1.82) is 0 Å². The van der Waals surface area contributed by atoms with E-state index >= 15 is 0 Å². The summed E-state index contributed by atoms with van der Waals surface area (Å²) in [5, 5.41) is 0. The summed E-state index contributed by atoms with van der Waals surface area (Å²) in [6.07, 6.45) is 3.16. The van der Waals surface area contributed by atoms with Crippen LogP contribution in [-0.2, 0) is 4.79 Å². The second-order valence-corrected chi connectivity index (χ2v) is 6.00. The average Bonchev–Trinajstić information content (AvgIpc) is 2.49. The minimum absolute atomic E-state index is 0.100. The lowest BCUT2D eigenvalue weighted by Gasteiger charge is -2.18. The topological polar surface area (TPSA) is 76.7 Å². The van der Waals surface area contributed by atoms with Crippen molar-refractivity contribution in [2.75, 3.05) is 13.2 Å². The third kappa shape index (κ3) is 4.51. The van der Waals surface area contributed by atoms with Crippen LogP contribution in [0.5, 0.6) is 11.5 Å². The van der Waals surface area contributed by atoms with Crippen LogP contribution in [0.25, 0.3) is 0 Å². The molecule has 0 bridgehead atoms. The van der Waals surface area contributed by atoms with E-state index in [1.54, 1.807) is 24.3 Å². The number of carbonyl (C=O) groups is 2. The Hall–Kier alpha value is -2.50. The van der Waals surface area contributed by atoms with E-state index in [0.717, 1.165) is 0 Å². The zero-order valence-electron chi connectivity index (χ0n) is 12.9. The van der Waals surface area contributed by atoms with Gasteiger partial charge in [-0.15, -0.1) is 0 Å². The van der Waals surface area contributed by atoms with E-state index in [9.17, 15) is 9.59 Å². The molecule has 0 saturated carbocycles. The Kier molecular flexibility index (Phi) is 4.70. The standard InChI is InChI=1S/C16H20N2O4/c1-16(2,3)7-6-14(19)17-18-15(20)11-4-5-12-13(10-11)22-9-8-21-12/h4-7,10H,8-9H2,1-3H3,(H,17,19)(H,18,20)/b7-6+. The molecule has 0 atom stereocenters. The predicted octanol–water partition coefficient (Wildman–Crippen LogP) is 1.82. The highest BCUT2D eigenvalue weighted by Gasteiger charge is 2.15. The van der Waals surface area contributed by atoms with Gasteiger partial charge in [0, 0.05) is 11.6 Å². The molecule has 0 saturated heterocycles. The van der Waals surface area contributed by atoms with Gasteiger partial charge in [0.15, 0.2) is 11.5 Å². The molecule has 1 aliphatic heterocycles. The van der Waals surface area contributed by atoms with Crippen LogP contribution in [0.15, 0.2) is 30.4 Å². The fraction of sp³-hybridized carbons (Fsp3) is 0.375. The predicted molar refractivity (Wildman–Crippen MR) is 81.6 cm³/mol. The van der Waals surface area contributed by atoms with Gasteiger partial charge in [0.25, 0.3) is 11.8 Å². The van der Waals surface area contributed by atoms with Crippen molar-refractivity contribution >= 4 is 11.8 Å². The number of hydrazine groups is 1. The molecule has 0 fully saturated rings. The quantitative estimate of drug-likeness (QED) is 0.645. The zero-order valence-corrected chi connectivity index (χ0v) is 12.9. The first-order chi connectivity index (χ1) is 10.3. The molecule has 2 rings (SSSR count). The van der Waals surface area contributed by atoms with Gasteiger partial charge in [0.05, 0.1) is 0 Å². The molecule has 1 aromatic rings. The van der Waals surface area contributed by atoms with Crippen molar-refractivity contribution in [3.8, 4) is 11.5 Å². The minimum Gasteiger partial charge on any atom is -0.486 e. The van der Waals surface area contributed by atoms with Gasteiger partial charge in [-0.1, -0.05) is 26.8 Å². The highest BCUT2D eigenvalue weighted by atomic mass is 16.6. The fourth-order valence-corrected chi connectivity index (χ4v) is 1.74. The Morgan fingerprint density at radius 3 is 2.45 bits per heavy atom. The lowest BCUT2D eigenvalue weighted by Crippen LogP contribution is -2.40. The van der Waals surface area contributed by atoms with Crippen molar-refractivity contribution < 1.29 is 19.1 Å². The Bertz CT molecular complexity index is 603. The largest absolute Gasteiger partial charge is 0.486 e. The van der Waals surface area contributed by atoms with Crippen molar-refractivity contribution in [1.82, 2.24) is 10.9 Å². The molecule has 0 aromatic heterocycles. The van der Waals surface area contributed by atoms with Gasteiger partial charge >= 0.3 is 0 Å². The summed E-state index contributed by atoms with van der Waals surface area (Å²) in [5.74, 6) is 0.327. The maximum Gasteiger partial charge on any atom is 0.269 e. The second kappa shape index (κ2) is 6.51. The van der Waals surface area contributed by atoms with Crippen LogP contribution in [0.4, 0.5) is 0 Å². The van der Waals surface area contributed by atoms with Crippen molar-refractivity contribution in [2.24, 2.45) is 5.41 Å². The zero-order chi connectivity index (χ0) is 16.2. The highest BCUT2D eigenvalue weighted by Crippen LogP contribution is 2.30. The Labute approximate surface area is 129 Å². The lowest BCUT2D eigenvalue weighted by molar-refractivity contribution is -0.117. The SMILES string of the molecule is CC(C)(C)/C=C/C(=O)NNC(=O)c1ccc2c(c1)OCCO2. The molecule has 118 valence electrons. The Morgan fingerprint density at radius 2 is 1.77 bits per heavy atom. The molecule has 0 unspecified atom stereocenters. The van der Waals surface area contributed by atoms with E-state index in [1.807, 2.05) is 20.8 Å². The third-order valence-electron chi connectivity index (χ3n) is 2.84. The van der Waals surface area contributed by atoms with Crippen LogP contribution in [0.3, 0.4) is 0 Å². The molecule has 2 N–H and O–H groups in total. The van der Waals surface area contributed by atoms with Gasteiger partial charge in [-0.2, -0.15) is 0 Å². The summed E-state index contributed by atoms with van der Waals surface area (Å²) in [5.41, 5.74) is 4.97. The van der Waals surface area contributed by atoms with E-state index in [4.69, 9.17) is 9.47 Å². The van der Waals surface area contributed by atoms with Gasteiger partial charge in [-0.25, -0.2) is 0 Å². The number of benzene rings is 1. The van der Waals surface area contributed by atoms with E-state index < -0.39 is 5.91 Å². The molecular formula is C16H20N2O4. The van der Waals surface area contributed by atoms with Crippen LogP contribution in [0.2, 0.25) is 0 Å². The molecule has 0 radical (unpaired) electrons. The maximum atomic E-state index is 12.0. The van der Waals surface area contributed by atoms with Crippen LogP contribution in [0.1, 0.15) is 31.1 Å². The highest BCUT2D eigenvalue weighted by molar-refractivity contribution is 5.97. The van der Waals surface area contributed by atoms with Gasteiger partial charge in [-0.3, -0.25) is 20.4 Å². The van der Waals surface area contributed by atoms with Crippen LogP contribution >= 0.6 is 0 Å². The summed E-state index contributed by atoms with van der Waals surface area (Å²) in [6.45, 7) is 6.88. The van der Waals surface area contributed by atoms with Crippen LogP contribution < -0.4 is 20.3 Å². The smallest absolute Gasteiger partial charge is 0.269 e. The number of nitrogens with one attached hydrogen (secondary N) is 2. The van der Waals surface area contributed by atoms with Gasteiger partial charge in [0.2, 0.25) is 0 Å². The number of amides is 2. The van der Waals surface area contributed by atoms with E-state index in [0.29, 0.717) is 30.3 Å². The molecule has 22 heavy (non-hydrogen) atoms. The minimum atomic E-state index is -0.422. The number of carbonyl (C=O) groups excluding carboxylic acids is 2. The first-order valence-electron chi connectivity index (χ1n) is 7.04. The number of allylic oxidation sites excluding steroid dienone is 1. The number of fused-ring (bicyclic) bond motifs is 1. The van der Waals surface area contributed by atoms with E-state index in [2.05, 4.69) is 10.9 Å². The van der Waals surface area contributed by atoms with Crippen molar-refractivity contribution in [2.45, 2.75) is 20.8 Å². The third-order valence-corrected chi connectivity index (χ3v) is 2.84. The molecule has 1 heterocycles. The van der Waals surface area contributed by atoms with Gasteiger partial charge in [-0.05, 0) is 23.6 Å². The molecule has 0 spiro atoms. The van der Waals surface area contributed by atoms with Crippen molar-refractivity contribution in [3.05, 3.63) is 35.9 Å². The number of ether oxygens (including phenoxy) is 2.